The number of alkyl halides is 3. The molecule has 0 bridgehead atoms. The van der Waals surface area contributed by atoms with Crippen molar-refractivity contribution in [3.8, 4) is 22.8 Å². The zero-order chi connectivity index (χ0) is 27.9. The minimum atomic E-state index is -4.38. The molecular weight excluding hydrogens is 519 g/mol. The van der Waals surface area contributed by atoms with Crippen LogP contribution in [0.2, 0.25) is 0 Å². The summed E-state index contributed by atoms with van der Waals surface area (Å²) < 4.78 is 47.3. The van der Waals surface area contributed by atoms with Gasteiger partial charge in [-0.2, -0.15) is 23.3 Å². The van der Waals surface area contributed by atoms with E-state index in [1.165, 1.54) is 12.1 Å². The Morgan fingerprint density at radius 3 is 2.25 bits per heavy atom. The first kappa shape index (κ1) is 25.5. The van der Waals surface area contributed by atoms with E-state index >= 15 is 0 Å². The first-order chi connectivity index (χ1) is 19.3. The van der Waals surface area contributed by atoms with Crippen LogP contribution < -0.4 is 20.3 Å². The number of ether oxygens (including phenoxy) is 1. The molecule has 2 N–H and O–H groups in total. The first-order valence-corrected chi connectivity index (χ1v) is 12.8. The Hall–Kier alpha value is -4.80. The number of anilines is 3. The minimum absolute atomic E-state index is 0.445. The van der Waals surface area contributed by atoms with Gasteiger partial charge < -0.3 is 20.3 Å². The van der Waals surface area contributed by atoms with Gasteiger partial charge in [-0.05, 0) is 42.5 Å². The second kappa shape index (κ2) is 10.1. The number of rotatable bonds is 5. The van der Waals surface area contributed by atoms with Gasteiger partial charge in [-0.1, -0.05) is 36.4 Å². The lowest BCUT2D eigenvalue weighted by Gasteiger charge is -2.36. The fraction of sp³-hybridized carbons (Fsp3) is 0.207. The number of piperazine rings is 1. The number of halogens is 3. The van der Waals surface area contributed by atoms with Crippen LogP contribution in [0.4, 0.5) is 30.6 Å². The van der Waals surface area contributed by atoms with Crippen LogP contribution in [0.1, 0.15) is 5.56 Å². The van der Waals surface area contributed by atoms with Crippen molar-refractivity contribution in [2.24, 2.45) is 7.05 Å². The van der Waals surface area contributed by atoms with Gasteiger partial charge in [-0.3, -0.25) is 4.68 Å². The summed E-state index contributed by atoms with van der Waals surface area (Å²) in [4.78, 5) is 13.6. The summed E-state index contributed by atoms with van der Waals surface area (Å²) in [6, 6.07) is 22.5. The number of hydrogen-bond donors (Lipinski definition) is 1. The Kier molecular flexibility index (Phi) is 6.41. The maximum absolute atomic E-state index is 13.2. The Balaban J connectivity index is 1.30. The van der Waals surface area contributed by atoms with Crippen molar-refractivity contribution in [1.29, 1.82) is 0 Å². The number of benzene rings is 3. The van der Waals surface area contributed by atoms with E-state index in [2.05, 4.69) is 5.10 Å². The monoisotopic (exact) mass is 545 g/mol. The molecule has 1 aliphatic rings. The maximum atomic E-state index is 13.2. The number of para-hydroxylation sites is 1. The number of aromatic nitrogens is 4. The summed E-state index contributed by atoms with van der Waals surface area (Å²) >= 11 is 0. The van der Waals surface area contributed by atoms with E-state index < -0.39 is 11.7 Å². The molecule has 0 atom stereocenters. The molecule has 8 nitrogen and oxygen atoms in total. The van der Waals surface area contributed by atoms with E-state index in [1.54, 1.807) is 17.8 Å². The summed E-state index contributed by atoms with van der Waals surface area (Å²) in [6.45, 7) is 2.09. The van der Waals surface area contributed by atoms with Crippen LogP contribution in [-0.2, 0) is 13.2 Å². The third-order valence-electron chi connectivity index (χ3n) is 6.92. The third-order valence-corrected chi connectivity index (χ3v) is 6.92. The molecule has 1 saturated heterocycles. The van der Waals surface area contributed by atoms with Crippen molar-refractivity contribution in [1.82, 2.24) is 19.7 Å². The van der Waals surface area contributed by atoms with Gasteiger partial charge >= 0.3 is 6.18 Å². The fourth-order valence-corrected chi connectivity index (χ4v) is 4.83. The number of nitrogens with zero attached hydrogens (tertiary/aromatic N) is 6. The molecule has 11 heteroatoms. The highest BCUT2D eigenvalue weighted by Gasteiger charge is 2.31. The topological polar surface area (TPSA) is 85.3 Å². The summed E-state index contributed by atoms with van der Waals surface area (Å²) in [6.07, 6.45) is -4.38. The molecule has 1 aliphatic heterocycles. The van der Waals surface area contributed by atoms with Crippen LogP contribution in [0, 0.1) is 0 Å². The van der Waals surface area contributed by atoms with Gasteiger partial charge in [0.05, 0.1) is 16.6 Å². The first-order valence-electron chi connectivity index (χ1n) is 12.8. The zero-order valence-electron chi connectivity index (χ0n) is 21.6. The summed E-state index contributed by atoms with van der Waals surface area (Å²) in [7, 11) is 1.75. The van der Waals surface area contributed by atoms with Gasteiger partial charge in [-0.25, -0.2) is 4.98 Å². The molecule has 40 heavy (non-hydrogen) atoms. The van der Waals surface area contributed by atoms with E-state index in [9.17, 15) is 13.2 Å². The van der Waals surface area contributed by atoms with Crippen molar-refractivity contribution in [3.63, 3.8) is 0 Å². The van der Waals surface area contributed by atoms with Crippen LogP contribution in [-0.4, -0.2) is 45.9 Å². The number of hydrogen-bond acceptors (Lipinski definition) is 7. The van der Waals surface area contributed by atoms with Gasteiger partial charge in [0, 0.05) is 44.5 Å². The molecule has 1 fully saturated rings. The lowest BCUT2D eigenvalue weighted by molar-refractivity contribution is -0.137. The fourth-order valence-electron chi connectivity index (χ4n) is 4.83. The molecule has 0 radical (unpaired) electrons. The third kappa shape index (κ3) is 4.97. The lowest BCUT2D eigenvalue weighted by atomic mass is 10.1. The average Bonchev–Trinajstić information content (AvgIpc) is 3.26. The summed E-state index contributed by atoms with van der Waals surface area (Å²) in [5.41, 5.74) is 8.16. The van der Waals surface area contributed by atoms with E-state index in [0.29, 0.717) is 71.9 Å². The lowest BCUT2D eigenvalue weighted by Crippen LogP contribution is -2.47. The Bertz CT molecular complexity index is 1660. The van der Waals surface area contributed by atoms with E-state index in [-0.39, 0.29) is 0 Å². The highest BCUT2D eigenvalue weighted by Crippen LogP contribution is 2.35. The van der Waals surface area contributed by atoms with Gasteiger partial charge in [-0.15, -0.1) is 0 Å². The molecule has 3 heterocycles. The molecule has 0 unspecified atom stereocenters. The van der Waals surface area contributed by atoms with Crippen molar-refractivity contribution in [3.05, 3.63) is 84.4 Å². The number of nitrogen functional groups attached to an aromatic ring is 1. The smallest absolute Gasteiger partial charge is 0.416 e. The van der Waals surface area contributed by atoms with Crippen LogP contribution in [0.5, 0.6) is 11.5 Å². The standard InChI is InChI=1S/C29H26F3N7O/c1-37-26(33)24-25(19-7-5-12-23(17-19)40-22-10-3-2-4-11-22)34-28(35-27(24)36-37)39-15-13-38(14-16-39)21-9-6-8-20(18-21)29(30,31)32/h2-12,17-18H,13-16,33H2,1H3. The second-order valence-electron chi connectivity index (χ2n) is 9.54. The molecule has 2 aromatic heterocycles. The van der Waals surface area contributed by atoms with Crippen molar-refractivity contribution >= 4 is 28.5 Å². The van der Waals surface area contributed by atoms with Crippen LogP contribution in [0.3, 0.4) is 0 Å². The predicted octanol–water partition coefficient (Wildman–Crippen LogP) is 5.75. The summed E-state index contributed by atoms with van der Waals surface area (Å²) in [5.74, 6) is 2.29. The van der Waals surface area contributed by atoms with Crippen LogP contribution in [0.25, 0.3) is 22.3 Å². The normalized spacial score (nSPS) is 14.1. The largest absolute Gasteiger partial charge is 0.457 e. The Morgan fingerprint density at radius 1 is 0.800 bits per heavy atom. The SMILES string of the molecule is Cn1nc2nc(N3CCN(c4cccc(C(F)(F)F)c4)CC3)nc(-c3cccc(Oc4ccccc4)c3)c2c1N. The van der Waals surface area contributed by atoms with Crippen molar-refractivity contribution in [2.75, 3.05) is 41.7 Å². The minimum Gasteiger partial charge on any atom is -0.457 e. The average molecular weight is 546 g/mol. The highest BCUT2D eigenvalue weighted by molar-refractivity contribution is 5.99. The summed E-state index contributed by atoms with van der Waals surface area (Å²) in [5, 5.41) is 5.15. The van der Waals surface area contributed by atoms with Gasteiger partial charge in [0.2, 0.25) is 5.95 Å². The quantitative estimate of drug-likeness (QED) is 0.301. The van der Waals surface area contributed by atoms with E-state index in [4.69, 9.17) is 20.4 Å². The molecule has 204 valence electrons. The number of aryl methyl sites for hydroxylation is 1. The van der Waals surface area contributed by atoms with E-state index in [0.717, 1.165) is 11.6 Å². The Labute approximate surface area is 228 Å². The molecule has 6 rings (SSSR count). The molecular formula is C29H26F3N7O. The number of nitrogens with two attached hydrogens (primary N) is 1. The van der Waals surface area contributed by atoms with Crippen LogP contribution >= 0.6 is 0 Å². The molecule has 0 spiro atoms. The second-order valence-corrected chi connectivity index (χ2v) is 9.54. The molecule has 5 aromatic rings. The zero-order valence-corrected chi connectivity index (χ0v) is 21.6. The Morgan fingerprint density at radius 2 is 1.50 bits per heavy atom. The maximum Gasteiger partial charge on any atom is 0.416 e. The van der Waals surface area contributed by atoms with Gasteiger partial charge in [0.25, 0.3) is 0 Å². The van der Waals surface area contributed by atoms with E-state index in [1.807, 2.05) is 64.4 Å². The number of fused-ring (bicyclic) bond motifs is 1. The molecule has 0 aliphatic carbocycles. The molecule has 3 aromatic carbocycles. The van der Waals surface area contributed by atoms with Crippen molar-refractivity contribution < 1.29 is 17.9 Å². The molecule has 0 amide bonds. The highest BCUT2D eigenvalue weighted by atomic mass is 19.4. The van der Waals surface area contributed by atoms with Crippen molar-refractivity contribution in [2.45, 2.75) is 6.18 Å². The van der Waals surface area contributed by atoms with Gasteiger partial charge in [0.15, 0.2) is 5.65 Å². The predicted molar refractivity (Wildman–Crippen MR) is 149 cm³/mol. The molecule has 0 saturated carbocycles. The van der Waals surface area contributed by atoms with Gasteiger partial charge in [0.1, 0.15) is 17.3 Å². The van der Waals surface area contributed by atoms with Crippen LogP contribution in [0.15, 0.2) is 78.9 Å².